The number of carbonyl (C=O) groups is 2. The van der Waals surface area contributed by atoms with Crippen molar-refractivity contribution < 1.29 is 34.0 Å². The second-order valence-corrected chi connectivity index (χ2v) is 11.7. The number of ether oxygens (including phenoxy) is 3. The molecular formula is C36H34N4O8. The molecule has 2 aromatic carbocycles. The molecule has 0 fully saturated rings. The maximum absolute atomic E-state index is 13.6. The number of methoxy groups -OCH3 is 1. The first-order chi connectivity index (χ1) is 23.2. The fraction of sp³-hybridized carbons (Fsp3) is 0.250. The summed E-state index contributed by atoms with van der Waals surface area (Å²) in [4.78, 5) is 48.6. The molecule has 0 saturated heterocycles. The lowest BCUT2D eigenvalue weighted by atomic mass is 9.92. The molecule has 3 aromatic heterocycles. The van der Waals surface area contributed by atoms with Crippen molar-refractivity contribution in [2.24, 2.45) is 0 Å². The molecule has 3 N–H and O–H groups in total. The quantitative estimate of drug-likeness (QED) is 0.180. The number of aromatic nitrogens is 3. The van der Waals surface area contributed by atoms with Crippen molar-refractivity contribution in [1.82, 2.24) is 14.5 Å². The summed E-state index contributed by atoms with van der Waals surface area (Å²) in [6.07, 6.45) is 4.77. The normalized spacial score (nSPS) is 13.8. The molecule has 6 rings (SSSR count). The number of para-hydroxylation sites is 1. The van der Waals surface area contributed by atoms with Gasteiger partial charge in [0.2, 0.25) is 0 Å². The van der Waals surface area contributed by atoms with Gasteiger partial charge < -0.3 is 29.7 Å². The highest BCUT2D eigenvalue weighted by atomic mass is 16.5. The molecule has 0 spiro atoms. The van der Waals surface area contributed by atoms with Crippen LogP contribution >= 0.6 is 0 Å². The van der Waals surface area contributed by atoms with E-state index in [1.165, 1.54) is 30.9 Å². The summed E-state index contributed by atoms with van der Waals surface area (Å²) in [6.45, 7) is 1.28. The number of anilines is 1. The number of amides is 1. The number of pyridine rings is 3. The predicted molar refractivity (Wildman–Crippen MR) is 178 cm³/mol. The Kier molecular flexibility index (Phi) is 9.19. The SMILES string of the molecule is COc1cc2c(Oc3ccc(NC(=O)c4cc5c(n(-c6ccccc6)c4=O)CCCC5=O)nc3)ccnc2cc1OCC[C@](C)(O)CO. The van der Waals surface area contributed by atoms with Gasteiger partial charge in [-0.3, -0.25) is 23.9 Å². The van der Waals surface area contributed by atoms with Gasteiger partial charge in [-0.2, -0.15) is 0 Å². The van der Waals surface area contributed by atoms with Crippen molar-refractivity contribution >= 4 is 28.4 Å². The molecule has 0 saturated carbocycles. The number of carbonyl (C=O) groups excluding carboxylic acids is 2. The number of Topliss-reactive ketones (excluding diaryl/α,β-unsaturated/α-hetero) is 1. The van der Waals surface area contributed by atoms with Crippen LogP contribution in [-0.4, -0.2) is 62.4 Å². The van der Waals surface area contributed by atoms with E-state index in [-0.39, 0.29) is 36.8 Å². The third-order valence-electron chi connectivity index (χ3n) is 8.11. The smallest absolute Gasteiger partial charge is 0.268 e. The van der Waals surface area contributed by atoms with Crippen LogP contribution in [0.15, 0.2) is 83.9 Å². The number of aliphatic hydroxyl groups excluding tert-OH is 1. The predicted octanol–water partition coefficient (Wildman–Crippen LogP) is 4.87. The van der Waals surface area contributed by atoms with E-state index in [9.17, 15) is 24.6 Å². The van der Waals surface area contributed by atoms with Gasteiger partial charge in [-0.15, -0.1) is 0 Å². The van der Waals surface area contributed by atoms with E-state index in [1.54, 1.807) is 60.8 Å². The first-order valence-electron chi connectivity index (χ1n) is 15.4. The van der Waals surface area contributed by atoms with Crippen LogP contribution in [0.5, 0.6) is 23.0 Å². The highest BCUT2D eigenvalue weighted by Gasteiger charge is 2.26. The van der Waals surface area contributed by atoms with E-state index in [2.05, 4.69) is 15.3 Å². The Morgan fingerprint density at radius 2 is 1.81 bits per heavy atom. The lowest BCUT2D eigenvalue weighted by Crippen LogP contribution is -2.33. The second kappa shape index (κ2) is 13.6. The van der Waals surface area contributed by atoms with Crippen molar-refractivity contribution in [2.45, 2.75) is 38.2 Å². The fourth-order valence-corrected chi connectivity index (χ4v) is 5.48. The summed E-state index contributed by atoms with van der Waals surface area (Å²) in [5.74, 6) is 1.08. The Bertz CT molecular complexity index is 2040. The van der Waals surface area contributed by atoms with Gasteiger partial charge in [-0.05, 0) is 62.2 Å². The van der Waals surface area contributed by atoms with Crippen LogP contribution in [-0.2, 0) is 6.42 Å². The Morgan fingerprint density at radius 1 is 1.00 bits per heavy atom. The van der Waals surface area contributed by atoms with Gasteiger partial charge in [0.15, 0.2) is 17.3 Å². The van der Waals surface area contributed by atoms with Gasteiger partial charge in [-0.25, -0.2) is 4.98 Å². The fourth-order valence-electron chi connectivity index (χ4n) is 5.48. The average molecular weight is 651 g/mol. The zero-order chi connectivity index (χ0) is 33.8. The molecule has 1 aliphatic rings. The lowest BCUT2D eigenvalue weighted by Gasteiger charge is -2.21. The van der Waals surface area contributed by atoms with Gasteiger partial charge in [0, 0.05) is 47.4 Å². The highest BCUT2D eigenvalue weighted by Crippen LogP contribution is 2.37. The molecule has 5 aromatic rings. The first kappa shape index (κ1) is 32.4. The van der Waals surface area contributed by atoms with Gasteiger partial charge >= 0.3 is 0 Å². The summed E-state index contributed by atoms with van der Waals surface area (Å²) >= 11 is 0. The molecule has 0 unspecified atom stereocenters. The van der Waals surface area contributed by atoms with Gasteiger partial charge in [0.25, 0.3) is 11.5 Å². The molecule has 0 bridgehead atoms. The Labute approximate surface area is 275 Å². The molecule has 0 aliphatic heterocycles. The van der Waals surface area contributed by atoms with Crippen LogP contribution in [0.4, 0.5) is 5.82 Å². The number of ketones is 1. The van der Waals surface area contributed by atoms with Crippen LogP contribution in [0.3, 0.4) is 0 Å². The van der Waals surface area contributed by atoms with Gasteiger partial charge in [0.05, 0.1) is 37.6 Å². The molecule has 0 radical (unpaired) electrons. The number of fused-ring (bicyclic) bond motifs is 2. The standard InChI is InChI=1S/C36H34N4O8/c1-36(45,21-41)14-16-47-32-19-27-24(18-31(32)46-2)30(13-15-37-27)48-23-11-12-33(38-20-23)39-34(43)26-17-25-28(9-6-10-29(25)42)40(35(26)44)22-7-4-3-5-8-22/h3-5,7-8,11-13,15,17-20,41,45H,6,9-10,14,16,21H2,1-2H3,(H,38,39,43)/t36-/m0/s1. The van der Waals surface area contributed by atoms with E-state index in [0.29, 0.717) is 70.1 Å². The van der Waals surface area contributed by atoms with E-state index in [4.69, 9.17) is 14.2 Å². The number of hydrogen-bond donors (Lipinski definition) is 3. The number of hydrogen-bond acceptors (Lipinski definition) is 10. The van der Waals surface area contributed by atoms with Gasteiger partial charge in [0.1, 0.15) is 22.9 Å². The van der Waals surface area contributed by atoms with Crippen LogP contribution < -0.4 is 25.1 Å². The molecule has 1 amide bonds. The third-order valence-corrected chi connectivity index (χ3v) is 8.11. The summed E-state index contributed by atoms with van der Waals surface area (Å²) in [6, 6.07) is 18.6. The monoisotopic (exact) mass is 650 g/mol. The molecule has 12 nitrogen and oxygen atoms in total. The molecule has 1 atom stereocenters. The summed E-state index contributed by atoms with van der Waals surface area (Å²) < 4.78 is 18.9. The lowest BCUT2D eigenvalue weighted by molar-refractivity contribution is -0.0140. The number of nitrogens with one attached hydrogen (secondary N) is 1. The van der Waals surface area contributed by atoms with Gasteiger partial charge in [-0.1, -0.05) is 18.2 Å². The molecule has 1 aliphatic carbocycles. The van der Waals surface area contributed by atoms with Crippen LogP contribution in [0.25, 0.3) is 16.6 Å². The molecule has 3 heterocycles. The number of rotatable bonds is 11. The van der Waals surface area contributed by atoms with Crippen molar-refractivity contribution in [3.8, 4) is 28.7 Å². The van der Waals surface area contributed by atoms with E-state index < -0.39 is 17.1 Å². The number of nitrogens with zero attached hydrogens (tertiary/aromatic N) is 3. The van der Waals surface area contributed by atoms with E-state index in [1.807, 2.05) is 6.07 Å². The Hall–Kier alpha value is -5.59. The highest BCUT2D eigenvalue weighted by molar-refractivity contribution is 6.06. The maximum atomic E-state index is 13.6. The molecule has 48 heavy (non-hydrogen) atoms. The zero-order valence-electron chi connectivity index (χ0n) is 26.4. The Balaban J connectivity index is 1.21. The number of benzene rings is 2. The molecular weight excluding hydrogens is 616 g/mol. The van der Waals surface area contributed by atoms with Crippen molar-refractivity contribution in [1.29, 1.82) is 0 Å². The van der Waals surface area contributed by atoms with E-state index >= 15 is 0 Å². The minimum absolute atomic E-state index is 0.105. The average Bonchev–Trinajstić information content (AvgIpc) is 3.09. The maximum Gasteiger partial charge on any atom is 0.268 e. The summed E-state index contributed by atoms with van der Waals surface area (Å²) in [5.41, 5.74) is 0.198. The van der Waals surface area contributed by atoms with Crippen LogP contribution in [0.1, 0.15) is 52.6 Å². The van der Waals surface area contributed by atoms with Crippen molar-refractivity contribution in [3.63, 3.8) is 0 Å². The first-order valence-corrected chi connectivity index (χ1v) is 15.4. The van der Waals surface area contributed by atoms with Crippen LogP contribution in [0.2, 0.25) is 0 Å². The largest absolute Gasteiger partial charge is 0.493 e. The van der Waals surface area contributed by atoms with Crippen LogP contribution in [0, 0.1) is 0 Å². The minimum atomic E-state index is -1.26. The summed E-state index contributed by atoms with van der Waals surface area (Å²) in [7, 11) is 1.50. The second-order valence-electron chi connectivity index (χ2n) is 11.7. The number of aliphatic hydroxyl groups is 2. The third kappa shape index (κ3) is 6.75. The summed E-state index contributed by atoms with van der Waals surface area (Å²) in [5, 5.41) is 22.6. The van der Waals surface area contributed by atoms with Crippen molar-refractivity contribution in [2.75, 3.05) is 25.6 Å². The van der Waals surface area contributed by atoms with Crippen molar-refractivity contribution in [3.05, 3.63) is 106 Å². The zero-order valence-corrected chi connectivity index (χ0v) is 26.4. The van der Waals surface area contributed by atoms with E-state index in [0.717, 1.165) is 0 Å². The minimum Gasteiger partial charge on any atom is -0.493 e. The molecule has 12 heteroatoms. The topological polar surface area (TPSA) is 162 Å². The Morgan fingerprint density at radius 3 is 2.54 bits per heavy atom. The molecule has 246 valence electrons.